The second-order valence-electron chi connectivity index (χ2n) is 4.68. The Balaban J connectivity index is 1.84. The van der Waals surface area contributed by atoms with E-state index < -0.39 is 0 Å². The number of para-hydroxylation sites is 2. The molecule has 1 N–H and O–H groups in total. The molecular weight excluding hydrogens is 236 g/mol. The molecule has 0 aliphatic carbocycles. The highest BCUT2D eigenvalue weighted by Gasteiger charge is 2.06. The Morgan fingerprint density at radius 2 is 2.05 bits per heavy atom. The predicted octanol–water partition coefficient (Wildman–Crippen LogP) is 2.89. The number of nitrogens with one attached hydrogen (secondary N) is 1. The maximum absolute atomic E-state index is 4.63. The minimum absolute atomic E-state index is 0.691. The van der Waals surface area contributed by atoms with Gasteiger partial charge in [-0.1, -0.05) is 12.1 Å². The van der Waals surface area contributed by atoms with Crippen LogP contribution in [0, 0.1) is 6.92 Å². The van der Waals surface area contributed by atoms with Crippen molar-refractivity contribution in [2.75, 3.05) is 5.32 Å². The van der Waals surface area contributed by atoms with Crippen LogP contribution in [0.5, 0.6) is 0 Å². The molecule has 0 aliphatic rings. The van der Waals surface area contributed by atoms with E-state index in [1.54, 1.807) is 0 Å². The average molecular weight is 252 g/mol. The second kappa shape index (κ2) is 4.72. The first kappa shape index (κ1) is 11.7. The van der Waals surface area contributed by atoms with E-state index in [2.05, 4.69) is 32.0 Å². The minimum atomic E-state index is 0.691. The molecule has 0 saturated carbocycles. The Kier molecular flexibility index (Phi) is 2.91. The van der Waals surface area contributed by atoms with E-state index in [9.17, 15) is 0 Å². The van der Waals surface area contributed by atoms with Crippen molar-refractivity contribution in [2.24, 2.45) is 7.05 Å². The molecule has 96 valence electrons. The van der Waals surface area contributed by atoms with Crippen molar-refractivity contribution >= 4 is 16.7 Å². The number of benzene rings is 1. The van der Waals surface area contributed by atoms with E-state index in [0.29, 0.717) is 6.54 Å². The number of pyridine rings is 1. The molecule has 19 heavy (non-hydrogen) atoms. The number of nitrogens with zero attached hydrogens (tertiary/aromatic N) is 3. The molecule has 0 unspecified atom stereocenters. The van der Waals surface area contributed by atoms with E-state index in [4.69, 9.17) is 0 Å². The Morgan fingerprint density at radius 3 is 2.84 bits per heavy atom. The monoisotopic (exact) mass is 252 g/mol. The summed E-state index contributed by atoms with van der Waals surface area (Å²) in [6.45, 7) is 2.73. The number of aromatic nitrogens is 3. The third kappa shape index (κ3) is 2.29. The molecule has 0 atom stereocenters. The number of anilines is 1. The highest BCUT2D eigenvalue weighted by Crippen LogP contribution is 2.15. The number of hydrogen-bond donors (Lipinski definition) is 1. The molecule has 0 amide bonds. The smallest absolute Gasteiger partial charge is 0.128 e. The summed E-state index contributed by atoms with van der Waals surface area (Å²) in [5, 5.41) is 3.36. The van der Waals surface area contributed by atoms with Gasteiger partial charge in [-0.15, -0.1) is 0 Å². The van der Waals surface area contributed by atoms with Crippen LogP contribution in [0.1, 0.15) is 11.4 Å². The minimum Gasteiger partial charge on any atom is -0.377 e. The lowest BCUT2D eigenvalue weighted by molar-refractivity contribution is 0.834. The second-order valence-corrected chi connectivity index (χ2v) is 4.68. The van der Waals surface area contributed by atoms with Crippen molar-refractivity contribution in [1.29, 1.82) is 0 Å². The highest BCUT2D eigenvalue weighted by atomic mass is 15.1. The fourth-order valence-corrected chi connectivity index (χ4v) is 2.19. The standard InChI is InChI=1S/C15H16N4/c1-11-7-12(9-16-8-11)17-10-15-18-13-5-3-4-6-14(13)19(15)2/h3-9,17H,10H2,1-2H3. The summed E-state index contributed by atoms with van der Waals surface area (Å²) < 4.78 is 2.12. The van der Waals surface area contributed by atoms with Crippen LogP contribution in [-0.2, 0) is 13.6 Å². The fourth-order valence-electron chi connectivity index (χ4n) is 2.19. The van der Waals surface area contributed by atoms with Gasteiger partial charge in [0.25, 0.3) is 0 Å². The Hall–Kier alpha value is -2.36. The average Bonchev–Trinajstić information content (AvgIpc) is 2.74. The largest absolute Gasteiger partial charge is 0.377 e. The van der Waals surface area contributed by atoms with Crippen LogP contribution >= 0.6 is 0 Å². The number of rotatable bonds is 3. The normalized spacial score (nSPS) is 10.8. The summed E-state index contributed by atoms with van der Waals surface area (Å²) in [6, 6.07) is 10.2. The molecule has 0 saturated heterocycles. The summed E-state index contributed by atoms with van der Waals surface area (Å²) in [5.74, 6) is 1.02. The van der Waals surface area contributed by atoms with Gasteiger partial charge in [-0.05, 0) is 30.7 Å². The quantitative estimate of drug-likeness (QED) is 0.779. The Labute approximate surface area is 112 Å². The topological polar surface area (TPSA) is 42.7 Å². The molecule has 0 radical (unpaired) electrons. The third-order valence-corrected chi connectivity index (χ3v) is 3.21. The van der Waals surface area contributed by atoms with E-state index >= 15 is 0 Å². The molecule has 3 aromatic rings. The zero-order valence-corrected chi connectivity index (χ0v) is 11.1. The van der Waals surface area contributed by atoms with Crippen molar-refractivity contribution in [3.05, 3.63) is 54.1 Å². The van der Waals surface area contributed by atoms with E-state index in [-0.39, 0.29) is 0 Å². The zero-order chi connectivity index (χ0) is 13.2. The lowest BCUT2D eigenvalue weighted by Crippen LogP contribution is -2.06. The Bertz CT molecular complexity index is 715. The molecule has 2 heterocycles. The molecule has 2 aromatic heterocycles. The van der Waals surface area contributed by atoms with Crippen molar-refractivity contribution in [1.82, 2.24) is 14.5 Å². The van der Waals surface area contributed by atoms with Crippen LogP contribution in [0.25, 0.3) is 11.0 Å². The first-order valence-electron chi connectivity index (χ1n) is 6.30. The fraction of sp³-hybridized carbons (Fsp3) is 0.200. The van der Waals surface area contributed by atoms with Gasteiger partial charge in [0.2, 0.25) is 0 Å². The van der Waals surface area contributed by atoms with Crippen LogP contribution in [-0.4, -0.2) is 14.5 Å². The van der Waals surface area contributed by atoms with E-state index in [1.165, 1.54) is 0 Å². The summed E-state index contributed by atoms with van der Waals surface area (Å²) >= 11 is 0. The molecule has 0 spiro atoms. The lowest BCUT2D eigenvalue weighted by atomic mass is 10.3. The summed E-state index contributed by atoms with van der Waals surface area (Å²) in [4.78, 5) is 8.80. The van der Waals surface area contributed by atoms with Gasteiger partial charge in [-0.3, -0.25) is 4.98 Å². The molecule has 1 aromatic carbocycles. The first-order chi connectivity index (χ1) is 9.24. The van der Waals surface area contributed by atoms with E-state index in [0.717, 1.165) is 28.1 Å². The van der Waals surface area contributed by atoms with Gasteiger partial charge in [0.05, 0.1) is 23.3 Å². The summed E-state index contributed by atoms with van der Waals surface area (Å²) in [5.41, 5.74) is 4.35. The van der Waals surface area contributed by atoms with Gasteiger partial charge < -0.3 is 9.88 Å². The number of hydrogen-bond acceptors (Lipinski definition) is 3. The molecule has 4 heteroatoms. The summed E-state index contributed by atoms with van der Waals surface area (Å²) in [7, 11) is 2.04. The van der Waals surface area contributed by atoms with Gasteiger partial charge >= 0.3 is 0 Å². The van der Waals surface area contributed by atoms with Crippen molar-refractivity contribution in [3.8, 4) is 0 Å². The number of imidazole rings is 1. The van der Waals surface area contributed by atoms with Crippen LogP contribution in [0.2, 0.25) is 0 Å². The number of fused-ring (bicyclic) bond motifs is 1. The van der Waals surface area contributed by atoms with Gasteiger partial charge in [0, 0.05) is 19.4 Å². The zero-order valence-electron chi connectivity index (χ0n) is 11.1. The SMILES string of the molecule is Cc1cncc(NCc2nc3ccccc3n2C)c1. The van der Waals surface area contributed by atoms with Crippen molar-refractivity contribution in [2.45, 2.75) is 13.5 Å². The van der Waals surface area contributed by atoms with E-state index in [1.807, 2.05) is 44.6 Å². The molecular formula is C15H16N4. The lowest BCUT2D eigenvalue weighted by Gasteiger charge is -2.06. The van der Waals surface area contributed by atoms with Gasteiger partial charge in [-0.2, -0.15) is 0 Å². The van der Waals surface area contributed by atoms with Crippen molar-refractivity contribution in [3.63, 3.8) is 0 Å². The highest BCUT2D eigenvalue weighted by molar-refractivity contribution is 5.75. The maximum atomic E-state index is 4.63. The van der Waals surface area contributed by atoms with Gasteiger partial charge in [-0.25, -0.2) is 4.98 Å². The third-order valence-electron chi connectivity index (χ3n) is 3.21. The van der Waals surface area contributed by atoms with Gasteiger partial charge in [0.15, 0.2) is 0 Å². The maximum Gasteiger partial charge on any atom is 0.128 e. The Morgan fingerprint density at radius 1 is 1.21 bits per heavy atom. The molecule has 0 fully saturated rings. The van der Waals surface area contributed by atoms with Crippen LogP contribution in [0.4, 0.5) is 5.69 Å². The predicted molar refractivity (Wildman–Crippen MR) is 77.0 cm³/mol. The van der Waals surface area contributed by atoms with Crippen LogP contribution < -0.4 is 5.32 Å². The van der Waals surface area contributed by atoms with Crippen LogP contribution in [0.3, 0.4) is 0 Å². The van der Waals surface area contributed by atoms with Crippen molar-refractivity contribution < 1.29 is 0 Å². The molecule has 0 aliphatic heterocycles. The molecule has 4 nitrogen and oxygen atoms in total. The number of aryl methyl sites for hydroxylation is 2. The molecule has 0 bridgehead atoms. The first-order valence-corrected chi connectivity index (χ1v) is 6.30. The van der Waals surface area contributed by atoms with Crippen LogP contribution in [0.15, 0.2) is 42.7 Å². The molecule has 3 rings (SSSR count). The van der Waals surface area contributed by atoms with Gasteiger partial charge in [0.1, 0.15) is 5.82 Å². The summed E-state index contributed by atoms with van der Waals surface area (Å²) in [6.07, 6.45) is 3.68.